The van der Waals surface area contributed by atoms with Crippen LogP contribution in [-0.4, -0.2) is 30.5 Å². The van der Waals surface area contributed by atoms with Gasteiger partial charge in [0, 0.05) is 44.2 Å². The molecule has 0 unspecified atom stereocenters. The average Bonchev–Trinajstić information content (AvgIpc) is 2.41. The van der Waals surface area contributed by atoms with E-state index in [1.807, 2.05) is 6.07 Å². The molecule has 1 saturated heterocycles. The van der Waals surface area contributed by atoms with Gasteiger partial charge in [0.2, 0.25) is 0 Å². The number of hydrogen-bond donors (Lipinski definition) is 2. The summed E-state index contributed by atoms with van der Waals surface area (Å²) >= 11 is 6.09. The van der Waals surface area contributed by atoms with Crippen LogP contribution in [-0.2, 0) is 11.3 Å². The van der Waals surface area contributed by atoms with Gasteiger partial charge in [-0.2, -0.15) is 5.26 Å². The van der Waals surface area contributed by atoms with Crippen molar-refractivity contribution in [2.45, 2.75) is 25.0 Å². The molecular formula is C14H17ClN2O2. The van der Waals surface area contributed by atoms with E-state index in [1.54, 1.807) is 12.1 Å². The molecule has 0 aromatic heterocycles. The smallest absolute Gasteiger partial charge is 0.0992 e. The van der Waals surface area contributed by atoms with E-state index >= 15 is 0 Å². The number of halogens is 1. The number of nitriles is 1. The molecule has 1 aliphatic heterocycles. The lowest BCUT2D eigenvalue weighted by Crippen LogP contribution is -2.44. The fraction of sp³-hybridized carbons (Fsp3) is 0.500. The largest absolute Gasteiger partial charge is 0.388 e. The van der Waals surface area contributed by atoms with Gasteiger partial charge in [-0.25, -0.2) is 0 Å². The zero-order valence-corrected chi connectivity index (χ0v) is 11.4. The van der Waals surface area contributed by atoms with Gasteiger partial charge < -0.3 is 15.2 Å². The van der Waals surface area contributed by atoms with Crippen molar-refractivity contribution in [1.29, 1.82) is 5.26 Å². The summed E-state index contributed by atoms with van der Waals surface area (Å²) in [4.78, 5) is 0. The molecule has 2 rings (SSSR count). The molecule has 0 aliphatic carbocycles. The first-order valence-electron chi connectivity index (χ1n) is 6.32. The van der Waals surface area contributed by atoms with E-state index < -0.39 is 5.60 Å². The van der Waals surface area contributed by atoms with Crippen LogP contribution in [0.1, 0.15) is 24.0 Å². The van der Waals surface area contributed by atoms with Gasteiger partial charge in [-0.1, -0.05) is 17.7 Å². The third-order valence-corrected chi connectivity index (χ3v) is 3.73. The second-order valence-corrected chi connectivity index (χ2v) is 5.27. The highest BCUT2D eigenvalue weighted by atomic mass is 35.5. The van der Waals surface area contributed by atoms with Crippen molar-refractivity contribution in [3.8, 4) is 6.07 Å². The average molecular weight is 281 g/mol. The summed E-state index contributed by atoms with van der Waals surface area (Å²) in [6.45, 7) is 2.31. The molecular weight excluding hydrogens is 264 g/mol. The molecule has 1 aromatic rings. The van der Waals surface area contributed by atoms with Crippen LogP contribution in [0.4, 0.5) is 0 Å². The number of ether oxygens (including phenoxy) is 1. The highest BCUT2D eigenvalue weighted by Gasteiger charge is 2.29. The van der Waals surface area contributed by atoms with Gasteiger partial charge in [0.05, 0.1) is 17.2 Å². The number of rotatable bonds is 4. The number of hydrogen-bond acceptors (Lipinski definition) is 4. The summed E-state index contributed by atoms with van der Waals surface area (Å²) in [6.07, 6.45) is 1.31. The Morgan fingerprint density at radius 1 is 1.42 bits per heavy atom. The maximum atomic E-state index is 10.3. The van der Waals surface area contributed by atoms with Crippen LogP contribution in [0.15, 0.2) is 18.2 Å². The number of benzene rings is 1. The molecule has 19 heavy (non-hydrogen) atoms. The Bertz CT molecular complexity index is 479. The number of nitrogens with one attached hydrogen (secondary N) is 1. The monoisotopic (exact) mass is 280 g/mol. The molecule has 5 heteroatoms. The van der Waals surface area contributed by atoms with Crippen LogP contribution in [0.25, 0.3) is 0 Å². The summed E-state index contributed by atoms with van der Waals surface area (Å²) in [7, 11) is 0. The Kier molecular flexibility index (Phi) is 4.78. The molecule has 0 atom stereocenters. The first kappa shape index (κ1) is 14.3. The van der Waals surface area contributed by atoms with Crippen molar-refractivity contribution in [2.24, 2.45) is 0 Å². The molecule has 2 N–H and O–H groups in total. The fourth-order valence-electron chi connectivity index (χ4n) is 2.12. The summed E-state index contributed by atoms with van der Waals surface area (Å²) in [5.41, 5.74) is 0.797. The van der Waals surface area contributed by atoms with Crippen molar-refractivity contribution >= 4 is 11.6 Å². The van der Waals surface area contributed by atoms with Gasteiger partial charge >= 0.3 is 0 Å². The van der Waals surface area contributed by atoms with Crippen molar-refractivity contribution in [1.82, 2.24) is 5.32 Å². The van der Waals surface area contributed by atoms with Gasteiger partial charge in [0.15, 0.2) is 0 Å². The van der Waals surface area contributed by atoms with E-state index in [9.17, 15) is 5.11 Å². The first-order chi connectivity index (χ1) is 9.13. The zero-order valence-electron chi connectivity index (χ0n) is 10.7. The fourth-order valence-corrected chi connectivity index (χ4v) is 2.37. The first-order valence-corrected chi connectivity index (χ1v) is 6.70. The third-order valence-electron chi connectivity index (χ3n) is 3.38. The van der Waals surface area contributed by atoms with E-state index in [2.05, 4.69) is 11.4 Å². The van der Waals surface area contributed by atoms with E-state index in [1.165, 1.54) is 0 Å². The molecule has 1 fully saturated rings. The Labute approximate surface area is 117 Å². The predicted octanol–water partition coefficient (Wildman–Crippen LogP) is 1.84. The van der Waals surface area contributed by atoms with E-state index in [0.29, 0.717) is 49.7 Å². The molecule has 1 aromatic carbocycles. The Balaban J connectivity index is 1.87. The molecule has 0 radical (unpaired) electrons. The van der Waals surface area contributed by atoms with Crippen molar-refractivity contribution in [2.75, 3.05) is 19.8 Å². The normalized spacial score (nSPS) is 17.9. The summed E-state index contributed by atoms with van der Waals surface area (Å²) < 4.78 is 5.23. The van der Waals surface area contributed by atoms with Crippen LogP contribution >= 0.6 is 11.6 Å². The van der Waals surface area contributed by atoms with Crippen molar-refractivity contribution < 1.29 is 9.84 Å². The maximum Gasteiger partial charge on any atom is 0.0992 e. The SMILES string of the molecule is N#Cc1ccc(CNCC2(O)CCOCC2)c(Cl)c1. The van der Waals surface area contributed by atoms with Crippen LogP contribution in [0.3, 0.4) is 0 Å². The highest BCUT2D eigenvalue weighted by molar-refractivity contribution is 6.31. The van der Waals surface area contributed by atoms with Crippen molar-refractivity contribution in [3.05, 3.63) is 34.3 Å². The number of nitrogens with zero attached hydrogens (tertiary/aromatic N) is 1. The minimum atomic E-state index is -0.683. The standard InChI is InChI=1S/C14H17ClN2O2/c15-13-7-11(8-16)1-2-12(13)9-17-10-14(18)3-5-19-6-4-14/h1-2,7,17-18H,3-6,9-10H2. The summed E-state index contributed by atoms with van der Waals surface area (Å²) in [5.74, 6) is 0. The van der Waals surface area contributed by atoms with Gasteiger partial charge in [-0.05, 0) is 17.7 Å². The zero-order chi connectivity index (χ0) is 13.7. The quantitative estimate of drug-likeness (QED) is 0.883. The molecule has 102 valence electrons. The molecule has 0 amide bonds. The lowest BCUT2D eigenvalue weighted by atomic mass is 9.94. The Morgan fingerprint density at radius 2 is 2.16 bits per heavy atom. The van der Waals surface area contributed by atoms with Gasteiger partial charge in [-0.3, -0.25) is 0 Å². The second-order valence-electron chi connectivity index (χ2n) is 4.86. The Morgan fingerprint density at radius 3 is 2.79 bits per heavy atom. The number of aliphatic hydroxyl groups is 1. The second kappa shape index (κ2) is 6.36. The van der Waals surface area contributed by atoms with E-state index in [-0.39, 0.29) is 0 Å². The lowest BCUT2D eigenvalue weighted by molar-refractivity contribution is -0.0617. The minimum Gasteiger partial charge on any atom is -0.388 e. The molecule has 1 aliphatic rings. The van der Waals surface area contributed by atoms with Gasteiger partial charge in [0.25, 0.3) is 0 Å². The molecule has 0 spiro atoms. The molecule has 4 nitrogen and oxygen atoms in total. The minimum absolute atomic E-state index is 0.521. The van der Waals surface area contributed by atoms with E-state index in [4.69, 9.17) is 21.6 Å². The van der Waals surface area contributed by atoms with Crippen LogP contribution in [0.5, 0.6) is 0 Å². The summed E-state index contributed by atoms with van der Waals surface area (Å²) in [5, 5.41) is 22.8. The molecule has 0 saturated carbocycles. The maximum absolute atomic E-state index is 10.3. The van der Waals surface area contributed by atoms with Crippen LogP contribution in [0, 0.1) is 11.3 Å². The van der Waals surface area contributed by atoms with Gasteiger partial charge in [-0.15, -0.1) is 0 Å². The topological polar surface area (TPSA) is 65.3 Å². The highest BCUT2D eigenvalue weighted by Crippen LogP contribution is 2.21. The van der Waals surface area contributed by atoms with Crippen LogP contribution < -0.4 is 5.32 Å². The van der Waals surface area contributed by atoms with E-state index in [0.717, 1.165) is 5.56 Å². The van der Waals surface area contributed by atoms with Crippen molar-refractivity contribution in [3.63, 3.8) is 0 Å². The Hall–Kier alpha value is -1.12. The van der Waals surface area contributed by atoms with Gasteiger partial charge in [0.1, 0.15) is 0 Å². The lowest BCUT2D eigenvalue weighted by Gasteiger charge is -2.32. The predicted molar refractivity (Wildman–Crippen MR) is 72.9 cm³/mol. The summed E-state index contributed by atoms with van der Waals surface area (Å²) in [6, 6.07) is 7.28. The van der Waals surface area contributed by atoms with Crippen LogP contribution in [0.2, 0.25) is 5.02 Å². The molecule has 0 bridgehead atoms. The third kappa shape index (κ3) is 3.92. The molecule has 1 heterocycles.